The number of rotatable bonds is 1. The highest BCUT2D eigenvalue weighted by Gasteiger charge is 2.56. The van der Waals surface area contributed by atoms with Gasteiger partial charge in [0.1, 0.15) is 0 Å². The van der Waals surface area contributed by atoms with E-state index in [1.165, 1.54) is 0 Å². The van der Waals surface area contributed by atoms with Gasteiger partial charge < -0.3 is 15.2 Å². The molecular weight excluding hydrogens is 218 g/mol. The molecular formula is C13H23NO3. The van der Waals surface area contributed by atoms with Gasteiger partial charge in [-0.05, 0) is 47.0 Å². The molecule has 0 saturated carbocycles. The first kappa shape index (κ1) is 12.8. The van der Waals surface area contributed by atoms with Crippen LogP contribution in [-0.2, 0) is 9.53 Å². The number of carboxylic acid groups (broad SMARTS) is 1. The van der Waals surface area contributed by atoms with Crippen molar-refractivity contribution in [2.45, 2.75) is 63.6 Å². The predicted molar refractivity (Wildman–Crippen MR) is 65.0 cm³/mol. The molecule has 0 aliphatic carbocycles. The minimum Gasteiger partial charge on any atom is -0.481 e. The van der Waals surface area contributed by atoms with Gasteiger partial charge in [-0.2, -0.15) is 0 Å². The van der Waals surface area contributed by atoms with Crippen LogP contribution in [0.4, 0.5) is 0 Å². The smallest absolute Gasteiger partial charge is 0.309 e. The normalized spacial score (nSPS) is 33.8. The number of hydrogen-bond donors (Lipinski definition) is 2. The molecule has 0 aromatic heterocycles. The van der Waals surface area contributed by atoms with Gasteiger partial charge >= 0.3 is 5.97 Å². The van der Waals surface area contributed by atoms with E-state index in [0.717, 1.165) is 12.8 Å². The Labute approximate surface area is 103 Å². The number of hydrogen-bond acceptors (Lipinski definition) is 3. The lowest BCUT2D eigenvalue weighted by molar-refractivity contribution is -0.155. The van der Waals surface area contributed by atoms with E-state index < -0.39 is 11.6 Å². The highest BCUT2D eigenvalue weighted by atomic mass is 16.5. The summed E-state index contributed by atoms with van der Waals surface area (Å²) in [4.78, 5) is 11.4. The molecule has 4 heteroatoms. The van der Waals surface area contributed by atoms with E-state index in [2.05, 4.69) is 33.0 Å². The topological polar surface area (TPSA) is 58.6 Å². The van der Waals surface area contributed by atoms with Crippen molar-refractivity contribution < 1.29 is 14.6 Å². The molecule has 4 nitrogen and oxygen atoms in total. The van der Waals surface area contributed by atoms with E-state index in [1.54, 1.807) is 0 Å². The molecule has 2 aliphatic heterocycles. The standard InChI is InChI=1S/C13H23NO3/c1-11(2)7-13(8-12(3,4)14-11)9(10(15)16)5-6-17-13/h9,14H,5-8H2,1-4H3,(H,15,16). The zero-order valence-corrected chi connectivity index (χ0v) is 11.2. The van der Waals surface area contributed by atoms with Crippen LogP contribution in [0.5, 0.6) is 0 Å². The monoisotopic (exact) mass is 241 g/mol. The van der Waals surface area contributed by atoms with Gasteiger partial charge in [0.15, 0.2) is 0 Å². The molecule has 0 aromatic rings. The Hall–Kier alpha value is -0.610. The van der Waals surface area contributed by atoms with Crippen molar-refractivity contribution in [1.29, 1.82) is 0 Å². The van der Waals surface area contributed by atoms with Crippen molar-refractivity contribution in [3.63, 3.8) is 0 Å². The summed E-state index contributed by atoms with van der Waals surface area (Å²) < 4.78 is 5.91. The second kappa shape index (κ2) is 3.69. The van der Waals surface area contributed by atoms with Crippen LogP contribution in [0.2, 0.25) is 0 Å². The molecule has 2 saturated heterocycles. The zero-order valence-electron chi connectivity index (χ0n) is 11.2. The van der Waals surface area contributed by atoms with E-state index in [0.29, 0.717) is 13.0 Å². The van der Waals surface area contributed by atoms with Crippen LogP contribution in [0.25, 0.3) is 0 Å². The highest BCUT2D eigenvalue weighted by Crippen LogP contribution is 2.47. The second-order valence-corrected chi connectivity index (χ2v) is 6.84. The molecule has 1 unspecified atom stereocenters. The van der Waals surface area contributed by atoms with E-state index in [1.807, 2.05) is 0 Å². The van der Waals surface area contributed by atoms with Gasteiger partial charge in [0.2, 0.25) is 0 Å². The van der Waals surface area contributed by atoms with Crippen LogP contribution in [0, 0.1) is 5.92 Å². The fourth-order valence-corrected chi connectivity index (χ4v) is 4.00. The van der Waals surface area contributed by atoms with E-state index >= 15 is 0 Å². The lowest BCUT2D eigenvalue weighted by Crippen LogP contribution is -2.65. The van der Waals surface area contributed by atoms with Gasteiger partial charge in [0.05, 0.1) is 11.5 Å². The Morgan fingerprint density at radius 3 is 2.24 bits per heavy atom. The summed E-state index contributed by atoms with van der Waals surface area (Å²) in [6, 6.07) is 0. The third kappa shape index (κ3) is 2.33. The Kier molecular flexibility index (Phi) is 2.79. The number of carbonyl (C=O) groups is 1. The molecule has 98 valence electrons. The summed E-state index contributed by atoms with van der Waals surface area (Å²) in [5.74, 6) is -1.07. The Morgan fingerprint density at radius 2 is 1.76 bits per heavy atom. The quantitative estimate of drug-likeness (QED) is 0.735. The Balaban J connectivity index is 2.33. The average Bonchev–Trinajstić information content (AvgIpc) is 2.40. The minimum atomic E-state index is -0.712. The molecule has 1 atom stereocenters. The SMILES string of the molecule is CC1(C)CC2(CC(C)(C)N1)OCCC2C(=O)O. The van der Waals surface area contributed by atoms with Crippen molar-refractivity contribution in [2.75, 3.05) is 6.61 Å². The van der Waals surface area contributed by atoms with Crippen molar-refractivity contribution in [3.05, 3.63) is 0 Å². The maximum Gasteiger partial charge on any atom is 0.309 e. The molecule has 2 heterocycles. The van der Waals surface area contributed by atoms with Gasteiger partial charge in [-0.3, -0.25) is 4.79 Å². The van der Waals surface area contributed by atoms with Gasteiger partial charge in [0.25, 0.3) is 0 Å². The van der Waals surface area contributed by atoms with Crippen LogP contribution in [0.15, 0.2) is 0 Å². The second-order valence-electron chi connectivity index (χ2n) is 6.84. The van der Waals surface area contributed by atoms with Gasteiger partial charge in [0, 0.05) is 17.7 Å². The van der Waals surface area contributed by atoms with E-state index in [4.69, 9.17) is 4.74 Å². The third-order valence-corrected chi connectivity index (χ3v) is 3.89. The van der Waals surface area contributed by atoms with Crippen molar-refractivity contribution in [3.8, 4) is 0 Å². The molecule has 0 aromatic carbocycles. The molecule has 2 rings (SSSR count). The predicted octanol–water partition coefficient (Wildman–Crippen LogP) is 1.79. The maximum atomic E-state index is 11.4. The van der Waals surface area contributed by atoms with E-state index in [-0.39, 0.29) is 17.0 Å². The molecule has 2 N–H and O–H groups in total. The summed E-state index contributed by atoms with van der Waals surface area (Å²) in [7, 11) is 0. The zero-order chi connectivity index (χ0) is 12.9. The van der Waals surface area contributed by atoms with Gasteiger partial charge in [-0.1, -0.05) is 0 Å². The number of aliphatic carboxylic acids is 1. The Bertz CT molecular complexity index is 320. The first-order chi connectivity index (χ1) is 7.66. The van der Waals surface area contributed by atoms with Crippen LogP contribution >= 0.6 is 0 Å². The molecule has 0 amide bonds. The first-order valence-electron chi connectivity index (χ1n) is 6.32. The summed E-state index contributed by atoms with van der Waals surface area (Å²) in [5.41, 5.74) is -0.649. The van der Waals surface area contributed by atoms with Gasteiger partial charge in [-0.25, -0.2) is 0 Å². The molecule has 0 bridgehead atoms. The molecule has 2 aliphatic rings. The first-order valence-corrected chi connectivity index (χ1v) is 6.32. The summed E-state index contributed by atoms with van der Waals surface area (Å²) >= 11 is 0. The Morgan fingerprint density at radius 1 is 1.24 bits per heavy atom. The summed E-state index contributed by atoms with van der Waals surface area (Å²) in [6.45, 7) is 9.06. The summed E-state index contributed by atoms with van der Waals surface area (Å²) in [6.07, 6.45) is 2.17. The summed E-state index contributed by atoms with van der Waals surface area (Å²) in [5, 5.41) is 12.9. The number of nitrogens with one attached hydrogen (secondary N) is 1. The van der Waals surface area contributed by atoms with Crippen molar-refractivity contribution in [1.82, 2.24) is 5.32 Å². The van der Waals surface area contributed by atoms with Crippen LogP contribution in [0.3, 0.4) is 0 Å². The highest BCUT2D eigenvalue weighted by molar-refractivity contribution is 5.72. The fourth-order valence-electron chi connectivity index (χ4n) is 4.00. The molecule has 1 spiro atoms. The molecule has 0 radical (unpaired) electrons. The third-order valence-electron chi connectivity index (χ3n) is 3.89. The van der Waals surface area contributed by atoms with Crippen LogP contribution in [-0.4, -0.2) is 34.4 Å². The lowest BCUT2D eigenvalue weighted by Gasteiger charge is -2.52. The lowest BCUT2D eigenvalue weighted by atomic mass is 9.67. The van der Waals surface area contributed by atoms with Gasteiger partial charge in [-0.15, -0.1) is 0 Å². The molecule has 17 heavy (non-hydrogen) atoms. The van der Waals surface area contributed by atoms with Crippen molar-refractivity contribution in [2.24, 2.45) is 5.92 Å². The maximum absolute atomic E-state index is 11.4. The fraction of sp³-hybridized carbons (Fsp3) is 0.923. The largest absolute Gasteiger partial charge is 0.481 e. The number of carboxylic acids is 1. The average molecular weight is 241 g/mol. The minimum absolute atomic E-state index is 0.0835. The number of ether oxygens (including phenoxy) is 1. The van der Waals surface area contributed by atoms with Crippen LogP contribution in [0.1, 0.15) is 47.0 Å². The van der Waals surface area contributed by atoms with Crippen molar-refractivity contribution >= 4 is 5.97 Å². The van der Waals surface area contributed by atoms with Crippen LogP contribution < -0.4 is 5.32 Å². The van der Waals surface area contributed by atoms with E-state index in [9.17, 15) is 9.90 Å². The molecule has 2 fully saturated rings. The number of piperidine rings is 1.